The Morgan fingerprint density at radius 1 is 1.00 bits per heavy atom. The molecule has 1 aromatic heterocycles. The molecule has 0 radical (unpaired) electrons. The predicted octanol–water partition coefficient (Wildman–Crippen LogP) is 5.46. The Kier molecular flexibility index (Phi) is 4.59. The zero-order valence-corrected chi connectivity index (χ0v) is 15.0. The van der Waals surface area contributed by atoms with Crippen molar-refractivity contribution in [3.05, 3.63) is 95.5 Å². The summed E-state index contributed by atoms with van der Waals surface area (Å²) in [5.74, 6) is 0.953. The smallest absolute Gasteiger partial charge is 0.232 e. The van der Waals surface area contributed by atoms with Crippen LogP contribution in [0.15, 0.2) is 77.2 Å². The Bertz CT molecular complexity index is 1100. The van der Waals surface area contributed by atoms with Crippen LogP contribution in [0.5, 0.6) is 0 Å². The van der Waals surface area contributed by atoms with Gasteiger partial charge in [-0.05, 0) is 28.8 Å². The molecule has 0 amide bonds. The number of rotatable bonds is 5. The van der Waals surface area contributed by atoms with E-state index in [1.165, 1.54) is 10.8 Å². The zero-order chi connectivity index (χ0) is 18.6. The Balaban J connectivity index is 1.61. The SMILES string of the molecule is C[C@@H](Nc1oc(Cc2cccc3ccccc23)nc1C#N)c1ccccc1. The van der Waals surface area contributed by atoms with Gasteiger partial charge in [-0.3, -0.25) is 0 Å². The number of hydrogen-bond acceptors (Lipinski definition) is 4. The summed E-state index contributed by atoms with van der Waals surface area (Å²) < 4.78 is 5.91. The first-order valence-electron chi connectivity index (χ1n) is 8.92. The van der Waals surface area contributed by atoms with Crippen LogP contribution in [0.2, 0.25) is 0 Å². The molecule has 1 N–H and O–H groups in total. The van der Waals surface area contributed by atoms with E-state index in [4.69, 9.17) is 4.42 Å². The van der Waals surface area contributed by atoms with Crippen molar-refractivity contribution < 1.29 is 4.42 Å². The maximum Gasteiger partial charge on any atom is 0.232 e. The first-order valence-corrected chi connectivity index (χ1v) is 8.92. The van der Waals surface area contributed by atoms with Gasteiger partial charge in [0, 0.05) is 0 Å². The first kappa shape index (κ1) is 16.9. The first-order chi connectivity index (χ1) is 13.2. The van der Waals surface area contributed by atoms with Gasteiger partial charge in [0.15, 0.2) is 0 Å². The molecule has 4 nitrogen and oxygen atoms in total. The van der Waals surface area contributed by atoms with Crippen molar-refractivity contribution in [1.82, 2.24) is 4.98 Å². The number of fused-ring (bicyclic) bond motifs is 1. The minimum absolute atomic E-state index is 0.0108. The van der Waals surface area contributed by atoms with Crippen LogP contribution in [0.25, 0.3) is 10.8 Å². The second-order valence-corrected chi connectivity index (χ2v) is 6.49. The maximum atomic E-state index is 9.44. The molecule has 1 atom stereocenters. The second-order valence-electron chi connectivity index (χ2n) is 6.49. The highest BCUT2D eigenvalue weighted by Gasteiger charge is 2.16. The largest absolute Gasteiger partial charge is 0.423 e. The van der Waals surface area contributed by atoms with Gasteiger partial charge >= 0.3 is 0 Å². The fourth-order valence-electron chi connectivity index (χ4n) is 3.24. The molecule has 1 heterocycles. The van der Waals surface area contributed by atoms with Gasteiger partial charge in [-0.2, -0.15) is 5.26 Å². The molecule has 0 unspecified atom stereocenters. The van der Waals surface area contributed by atoms with Crippen molar-refractivity contribution in [3.8, 4) is 6.07 Å². The van der Waals surface area contributed by atoms with Gasteiger partial charge < -0.3 is 9.73 Å². The lowest BCUT2D eigenvalue weighted by atomic mass is 10.0. The zero-order valence-electron chi connectivity index (χ0n) is 15.0. The lowest BCUT2D eigenvalue weighted by Gasteiger charge is -2.13. The summed E-state index contributed by atoms with van der Waals surface area (Å²) in [5, 5.41) is 15.1. The van der Waals surface area contributed by atoms with E-state index in [1.54, 1.807) is 0 Å². The number of aromatic nitrogens is 1. The molecule has 0 spiro atoms. The second kappa shape index (κ2) is 7.35. The molecule has 27 heavy (non-hydrogen) atoms. The van der Waals surface area contributed by atoms with E-state index in [2.05, 4.69) is 40.6 Å². The van der Waals surface area contributed by atoms with E-state index in [1.807, 2.05) is 55.5 Å². The monoisotopic (exact) mass is 353 g/mol. The number of benzene rings is 3. The lowest BCUT2D eigenvalue weighted by Crippen LogP contribution is -2.06. The van der Waals surface area contributed by atoms with Crippen LogP contribution in [0.3, 0.4) is 0 Å². The molecule has 132 valence electrons. The number of nitriles is 1. The Morgan fingerprint density at radius 3 is 2.56 bits per heavy atom. The standard InChI is InChI=1S/C23H19N3O/c1-16(17-8-3-2-4-9-17)25-23-21(15-24)26-22(27-23)14-19-12-7-11-18-10-5-6-13-20(18)19/h2-13,16,25H,14H2,1H3/t16-/m1/s1. The number of nitrogens with one attached hydrogen (secondary N) is 1. The third kappa shape index (κ3) is 3.54. The molecule has 4 aromatic rings. The molecular formula is C23H19N3O. The Morgan fingerprint density at radius 2 is 1.74 bits per heavy atom. The topological polar surface area (TPSA) is 61.9 Å². The van der Waals surface area contributed by atoms with Crippen molar-refractivity contribution in [2.24, 2.45) is 0 Å². The van der Waals surface area contributed by atoms with Crippen molar-refractivity contribution in [3.63, 3.8) is 0 Å². The third-order valence-corrected chi connectivity index (χ3v) is 4.65. The number of oxazole rings is 1. The Labute approximate surface area is 158 Å². The summed E-state index contributed by atoms with van der Waals surface area (Å²) in [5.41, 5.74) is 2.53. The molecule has 3 aromatic carbocycles. The van der Waals surface area contributed by atoms with Crippen LogP contribution in [-0.4, -0.2) is 4.98 Å². The summed E-state index contributed by atoms with van der Waals surface area (Å²) in [6, 6.07) is 26.6. The van der Waals surface area contributed by atoms with Gasteiger partial charge in [0.05, 0.1) is 12.5 Å². The lowest BCUT2D eigenvalue weighted by molar-refractivity contribution is 0.514. The minimum atomic E-state index is 0.0108. The van der Waals surface area contributed by atoms with Crippen LogP contribution < -0.4 is 5.32 Å². The van der Waals surface area contributed by atoms with Gasteiger partial charge in [0.25, 0.3) is 0 Å². The highest BCUT2D eigenvalue weighted by atomic mass is 16.4. The van der Waals surface area contributed by atoms with E-state index in [0.717, 1.165) is 11.1 Å². The fraction of sp³-hybridized carbons (Fsp3) is 0.130. The highest BCUT2D eigenvalue weighted by Crippen LogP contribution is 2.26. The summed E-state index contributed by atoms with van der Waals surface area (Å²) in [4.78, 5) is 4.39. The summed E-state index contributed by atoms with van der Waals surface area (Å²) in [6.45, 7) is 2.03. The predicted molar refractivity (Wildman–Crippen MR) is 106 cm³/mol. The van der Waals surface area contributed by atoms with Gasteiger partial charge in [0.2, 0.25) is 17.5 Å². The van der Waals surface area contributed by atoms with Crippen LogP contribution >= 0.6 is 0 Å². The third-order valence-electron chi connectivity index (χ3n) is 4.65. The normalized spacial score (nSPS) is 11.9. The van der Waals surface area contributed by atoms with Gasteiger partial charge in [0.1, 0.15) is 6.07 Å². The Hall–Kier alpha value is -3.58. The molecule has 0 saturated heterocycles. The van der Waals surface area contributed by atoms with Gasteiger partial charge in [-0.25, -0.2) is 4.98 Å². The van der Waals surface area contributed by atoms with Crippen LogP contribution in [-0.2, 0) is 6.42 Å². The highest BCUT2D eigenvalue weighted by molar-refractivity contribution is 5.85. The summed E-state index contributed by atoms with van der Waals surface area (Å²) in [6.07, 6.45) is 0.539. The van der Waals surface area contributed by atoms with Crippen molar-refractivity contribution >= 4 is 16.7 Å². The van der Waals surface area contributed by atoms with E-state index in [-0.39, 0.29) is 11.7 Å². The molecule has 0 aliphatic heterocycles. The van der Waals surface area contributed by atoms with Crippen LogP contribution in [0.1, 0.15) is 35.7 Å². The molecule has 0 fully saturated rings. The number of hydrogen-bond donors (Lipinski definition) is 1. The quantitative estimate of drug-likeness (QED) is 0.517. The fourth-order valence-corrected chi connectivity index (χ4v) is 3.24. The van der Waals surface area contributed by atoms with Crippen LogP contribution in [0, 0.1) is 11.3 Å². The average molecular weight is 353 g/mol. The molecule has 4 heteroatoms. The molecular weight excluding hydrogens is 334 g/mol. The van der Waals surface area contributed by atoms with Crippen molar-refractivity contribution in [1.29, 1.82) is 5.26 Å². The van der Waals surface area contributed by atoms with E-state index < -0.39 is 0 Å². The minimum Gasteiger partial charge on any atom is -0.423 e. The molecule has 0 bridgehead atoms. The summed E-state index contributed by atoms with van der Waals surface area (Å²) >= 11 is 0. The summed E-state index contributed by atoms with van der Waals surface area (Å²) in [7, 11) is 0. The van der Waals surface area contributed by atoms with Gasteiger partial charge in [-0.1, -0.05) is 72.8 Å². The molecule has 0 aliphatic rings. The molecule has 0 aliphatic carbocycles. The van der Waals surface area contributed by atoms with Gasteiger partial charge in [-0.15, -0.1) is 0 Å². The van der Waals surface area contributed by atoms with Crippen molar-refractivity contribution in [2.45, 2.75) is 19.4 Å². The average Bonchev–Trinajstić information content (AvgIpc) is 3.10. The van der Waals surface area contributed by atoms with E-state index in [9.17, 15) is 5.26 Å². The molecule has 0 saturated carbocycles. The van der Waals surface area contributed by atoms with E-state index >= 15 is 0 Å². The van der Waals surface area contributed by atoms with E-state index in [0.29, 0.717) is 18.2 Å². The number of anilines is 1. The van der Waals surface area contributed by atoms with Crippen molar-refractivity contribution in [2.75, 3.05) is 5.32 Å². The number of nitrogens with zero attached hydrogens (tertiary/aromatic N) is 2. The maximum absolute atomic E-state index is 9.44. The van der Waals surface area contributed by atoms with Crippen LogP contribution in [0.4, 0.5) is 5.88 Å². The molecule has 4 rings (SSSR count).